The van der Waals surface area contributed by atoms with Crippen molar-refractivity contribution >= 4 is 11.6 Å². The van der Waals surface area contributed by atoms with E-state index in [1.165, 1.54) is 0 Å². The van der Waals surface area contributed by atoms with Crippen LogP contribution in [0.25, 0.3) is 0 Å². The van der Waals surface area contributed by atoms with Gasteiger partial charge >= 0.3 is 0 Å². The van der Waals surface area contributed by atoms with E-state index in [2.05, 4.69) is 5.32 Å². The van der Waals surface area contributed by atoms with Crippen molar-refractivity contribution in [3.8, 4) is 5.75 Å². The number of aryl methyl sites for hydroxylation is 1. The molecule has 2 atom stereocenters. The minimum atomic E-state index is -0.138. The van der Waals surface area contributed by atoms with Crippen LogP contribution in [-0.2, 0) is 0 Å². The molecule has 1 aromatic rings. The maximum atomic E-state index is 9.20. The third-order valence-electron chi connectivity index (χ3n) is 2.93. The van der Waals surface area contributed by atoms with Gasteiger partial charge in [0.2, 0.25) is 0 Å². The largest absolute Gasteiger partial charge is 0.474 e. The van der Waals surface area contributed by atoms with Gasteiger partial charge in [-0.3, -0.25) is 5.32 Å². The molecule has 0 aromatic heterocycles. The normalized spacial score (nSPS) is 14.3. The molecule has 0 aliphatic carbocycles. The van der Waals surface area contributed by atoms with Gasteiger partial charge in [0.1, 0.15) is 12.0 Å². The van der Waals surface area contributed by atoms with Crippen molar-refractivity contribution < 1.29 is 9.84 Å². The number of hydrogen-bond acceptors (Lipinski definition) is 3. The Kier molecular flexibility index (Phi) is 6.47. The van der Waals surface area contributed by atoms with Gasteiger partial charge in [-0.05, 0) is 31.4 Å². The molecule has 1 aromatic carbocycles. The Balaban J connectivity index is 2.73. The van der Waals surface area contributed by atoms with E-state index >= 15 is 0 Å². The standard InChI is InChI=1S/C14H22ClNO2/c1-4-11(9-17)16-13(5-2)18-14-10(3)7-6-8-12(14)15/h6-8,11,13,16-17H,4-5,9H2,1-3H3. The monoisotopic (exact) mass is 271 g/mol. The summed E-state index contributed by atoms with van der Waals surface area (Å²) in [6.07, 6.45) is 1.53. The zero-order valence-corrected chi connectivity index (χ0v) is 12.0. The van der Waals surface area contributed by atoms with Crippen LogP contribution in [0.2, 0.25) is 5.02 Å². The first-order valence-corrected chi connectivity index (χ1v) is 6.78. The van der Waals surface area contributed by atoms with Crippen LogP contribution in [0.1, 0.15) is 32.3 Å². The molecule has 0 fully saturated rings. The van der Waals surface area contributed by atoms with Gasteiger partial charge in [0.15, 0.2) is 0 Å². The Morgan fingerprint density at radius 1 is 1.33 bits per heavy atom. The summed E-state index contributed by atoms with van der Waals surface area (Å²) in [6, 6.07) is 5.75. The number of nitrogens with one attached hydrogen (secondary N) is 1. The van der Waals surface area contributed by atoms with Crippen molar-refractivity contribution in [2.45, 2.75) is 45.9 Å². The highest BCUT2D eigenvalue weighted by molar-refractivity contribution is 6.32. The summed E-state index contributed by atoms with van der Waals surface area (Å²) in [7, 11) is 0. The summed E-state index contributed by atoms with van der Waals surface area (Å²) in [6.45, 7) is 6.14. The smallest absolute Gasteiger partial charge is 0.150 e. The fraction of sp³-hybridized carbons (Fsp3) is 0.571. The molecule has 1 rings (SSSR count). The molecule has 0 saturated carbocycles. The number of para-hydroxylation sites is 1. The highest BCUT2D eigenvalue weighted by Crippen LogP contribution is 2.28. The van der Waals surface area contributed by atoms with Crippen LogP contribution < -0.4 is 10.1 Å². The van der Waals surface area contributed by atoms with Crippen molar-refractivity contribution in [2.24, 2.45) is 0 Å². The topological polar surface area (TPSA) is 41.5 Å². The predicted molar refractivity (Wildman–Crippen MR) is 75.2 cm³/mol. The van der Waals surface area contributed by atoms with E-state index < -0.39 is 0 Å². The molecule has 0 saturated heterocycles. The van der Waals surface area contributed by atoms with Gasteiger partial charge in [-0.2, -0.15) is 0 Å². The molecule has 0 bridgehead atoms. The van der Waals surface area contributed by atoms with Gasteiger partial charge in [0.25, 0.3) is 0 Å². The Morgan fingerprint density at radius 3 is 2.56 bits per heavy atom. The van der Waals surface area contributed by atoms with Crippen LogP contribution in [0.3, 0.4) is 0 Å². The lowest BCUT2D eigenvalue weighted by molar-refractivity contribution is 0.119. The number of ether oxygens (including phenoxy) is 1. The van der Waals surface area contributed by atoms with Crippen molar-refractivity contribution in [1.82, 2.24) is 5.32 Å². The first-order valence-electron chi connectivity index (χ1n) is 6.41. The first kappa shape index (κ1) is 15.3. The number of aliphatic hydroxyl groups excluding tert-OH is 1. The molecule has 0 aliphatic rings. The van der Waals surface area contributed by atoms with Gasteiger partial charge in [-0.25, -0.2) is 0 Å². The fourth-order valence-corrected chi connectivity index (χ4v) is 1.97. The number of rotatable bonds is 7. The highest BCUT2D eigenvalue weighted by atomic mass is 35.5. The molecule has 2 unspecified atom stereocenters. The molecule has 102 valence electrons. The molecule has 0 radical (unpaired) electrons. The third kappa shape index (κ3) is 4.16. The molecule has 0 amide bonds. The van der Waals surface area contributed by atoms with Gasteiger partial charge in [0, 0.05) is 6.04 Å². The van der Waals surface area contributed by atoms with Crippen molar-refractivity contribution in [3.05, 3.63) is 28.8 Å². The third-order valence-corrected chi connectivity index (χ3v) is 3.23. The van der Waals surface area contributed by atoms with Gasteiger partial charge in [-0.1, -0.05) is 37.6 Å². The SMILES string of the molecule is CCC(CO)NC(CC)Oc1c(C)cccc1Cl. The molecule has 2 N–H and O–H groups in total. The lowest BCUT2D eigenvalue weighted by Crippen LogP contribution is -2.43. The maximum Gasteiger partial charge on any atom is 0.150 e. The zero-order chi connectivity index (χ0) is 13.5. The molecule has 4 heteroatoms. The van der Waals surface area contributed by atoms with Crippen LogP contribution in [0.15, 0.2) is 18.2 Å². The fourth-order valence-electron chi connectivity index (χ4n) is 1.71. The van der Waals surface area contributed by atoms with E-state index in [4.69, 9.17) is 16.3 Å². The summed E-state index contributed by atoms with van der Waals surface area (Å²) in [4.78, 5) is 0. The lowest BCUT2D eigenvalue weighted by Gasteiger charge is -2.25. The van der Waals surface area contributed by atoms with E-state index in [9.17, 15) is 5.11 Å². The molecule has 0 spiro atoms. The number of halogens is 1. The van der Waals surface area contributed by atoms with Crippen molar-refractivity contribution in [1.29, 1.82) is 0 Å². The molecule has 3 nitrogen and oxygen atoms in total. The second kappa shape index (κ2) is 7.62. The maximum absolute atomic E-state index is 9.20. The summed E-state index contributed by atoms with van der Waals surface area (Å²) < 4.78 is 5.91. The second-order valence-electron chi connectivity index (χ2n) is 4.36. The Morgan fingerprint density at radius 2 is 2.06 bits per heavy atom. The lowest BCUT2D eigenvalue weighted by atomic mass is 10.2. The number of benzene rings is 1. The summed E-state index contributed by atoms with van der Waals surface area (Å²) in [5, 5.41) is 13.1. The van der Waals surface area contributed by atoms with E-state index in [1.54, 1.807) is 0 Å². The van der Waals surface area contributed by atoms with Gasteiger partial charge < -0.3 is 9.84 Å². The Bertz CT molecular complexity index is 347. The number of aliphatic hydroxyl groups is 1. The first-order chi connectivity index (χ1) is 8.62. The Hall–Kier alpha value is -0.770. The highest BCUT2D eigenvalue weighted by Gasteiger charge is 2.15. The van der Waals surface area contributed by atoms with Crippen LogP contribution in [0.4, 0.5) is 0 Å². The summed E-state index contributed by atoms with van der Waals surface area (Å²) >= 11 is 6.13. The summed E-state index contributed by atoms with van der Waals surface area (Å²) in [5.41, 5.74) is 1.01. The van der Waals surface area contributed by atoms with E-state index in [1.807, 2.05) is 39.0 Å². The molecular weight excluding hydrogens is 250 g/mol. The minimum absolute atomic E-state index is 0.0535. The molecule has 18 heavy (non-hydrogen) atoms. The van der Waals surface area contributed by atoms with Crippen LogP contribution in [-0.4, -0.2) is 24.0 Å². The zero-order valence-electron chi connectivity index (χ0n) is 11.2. The Labute approximate surface area is 114 Å². The molecule has 0 heterocycles. The predicted octanol–water partition coefficient (Wildman–Crippen LogP) is 3.12. The average molecular weight is 272 g/mol. The van der Waals surface area contributed by atoms with Crippen LogP contribution >= 0.6 is 11.6 Å². The van der Waals surface area contributed by atoms with Gasteiger partial charge in [-0.15, -0.1) is 0 Å². The van der Waals surface area contributed by atoms with Crippen molar-refractivity contribution in [3.63, 3.8) is 0 Å². The van der Waals surface area contributed by atoms with E-state index in [-0.39, 0.29) is 18.9 Å². The molecule has 0 aliphatic heterocycles. The number of hydrogen-bond donors (Lipinski definition) is 2. The second-order valence-corrected chi connectivity index (χ2v) is 4.76. The quantitative estimate of drug-likeness (QED) is 0.749. The molecular formula is C14H22ClNO2. The van der Waals surface area contributed by atoms with Crippen molar-refractivity contribution in [2.75, 3.05) is 6.61 Å². The van der Waals surface area contributed by atoms with Crippen LogP contribution in [0.5, 0.6) is 5.75 Å². The summed E-state index contributed by atoms with van der Waals surface area (Å²) in [5.74, 6) is 0.714. The minimum Gasteiger partial charge on any atom is -0.474 e. The van der Waals surface area contributed by atoms with E-state index in [0.29, 0.717) is 10.8 Å². The average Bonchev–Trinajstić information content (AvgIpc) is 2.38. The van der Waals surface area contributed by atoms with Gasteiger partial charge in [0.05, 0.1) is 11.6 Å². The van der Waals surface area contributed by atoms with E-state index in [0.717, 1.165) is 18.4 Å². The van der Waals surface area contributed by atoms with Crippen LogP contribution in [0, 0.1) is 6.92 Å².